The Morgan fingerprint density at radius 3 is 3.00 bits per heavy atom. The van der Waals surface area contributed by atoms with Crippen LogP contribution in [0.2, 0.25) is 0 Å². The molecule has 3 N–H and O–H groups in total. The average molecular weight is 388 g/mol. The molecule has 5 rings (SSSR count). The Morgan fingerprint density at radius 2 is 2.14 bits per heavy atom. The molecule has 3 aromatic heterocycles. The van der Waals surface area contributed by atoms with E-state index in [2.05, 4.69) is 20.7 Å². The molecule has 146 valence electrons. The van der Waals surface area contributed by atoms with Gasteiger partial charge < -0.3 is 20.1 Å². The lowest BCUT2D eigenvalue weighted by molar-refractivity contribution is -0.115. The molecule has 29 heavy (non-hydrogen) atoms. The van der Waals surface area contributed by atoms with Gasteiger partial charge in [0.25, 0.3) is 0 Å². The minimum absolute atomic E-state index is 0.0263. The summed E-state index contributed by atoms with van der Waals surface area (Å²) in [7, 11) is 0. The van der Waals surface area contributed by atoms with Crippen LogP contribution in [0.15, 0.2) is 48.9 Å². The van der Waals surface area contributed by atoms with Gasteiger partial charge in [-0.1, -0.05) is 12.1 Å². The van der Waals surface area contributed by atoms with Crippen LogP contribution in [0.5, 0.6) is 0 Å². The maximum absolute atomic E-state index is 11.7. The number of pyridine rings is 1. The number of hydrogen-bond acceptors (Lipinski definition) is 5. The third-order valence-electron chi connectivity index (χ3n) is 5.11. The van der Waals surface area contributed by atoms with Crippen molar-refractivity contribution in [2.45, 2.75) is 19.9 Å². The molecule has 0 fully saturated rings. The molecule has 1 aliphatic rings. The number of anilines is 3. The number of imidazole rings is 1. The molecule has 0 aliphatic carbocycles. The summed E-state index contributed by atoms with van der Waals surface area (Å²) in [6.07, 6.45) is 6.10. The number of carbonyl (C=O) groups is 1. The molecular weight excluding hydrogens is 368 g/mol. The highest BCUT2D eigenvalue weighted by molar-refractivity contribution is 6.00. The fourth-order valence-corrected chi connectivity index (χ4v) is 3.71. The minimum atomic E-state index is 0.0263. The lowest BCUT2D eigenvalue weighted by atomic mass is 10.0. The van der Waals surface area contributed by atoms with Crippen molar-refractivity contribution in [2.24, 2.45) is 0 Å². The molecular formula is C21H20N6O2. The molecule has 0 spiro atoms. The molecule has 4 heterocycles. The third-order valence-corrected chi connectivity index (χ3v) is 5.11. The largest absolute Gasteiger partial charge is 0.394 e. The number of amides is 1. The number of aliphatic hydroxyl groups is 1. The number of carbonyl (C=O) groups excluding carboxylic acids is 1. The molecule has 0 atom stereocenters. The second-order valence-corrected chi connectivity index (χ2v) is 7.14. The van der Waals surface area contributed by atoms with Crippen LogP contribution in [0.3, 0.4) is 0 Å². The number of aryl methyl sites for hydroxylation is 1. The van der Waals surface area contributed by atoms with E-state index in [4.69, 9.17) is 0 Å². The highest BCUT2D eigenvalue weighted by Gasteiger charge is 2.18. The molecule has 0 radical (unpaired) electrons. The predicted molar refractivity (Wildman–Crippen MR) is 110 cm³/mol. The Morgan fingerprint density at radius 1 is 1.24 bits per heavy atom. The minimum Gasteiger partial charge on any atom is -0.394 e. The van der Waals surface area contributed by atoms with Crippen molar-refractivity contribution < 1.29 is 9.90 Å². The van der Waals surface area contributed by atoms with Gasteiger partial charge in [-0.25, -0.2) is 4.98 Å². The van der Waals surface area contributed by atoms with Gasteiger partial charge in [0.1, 0.15) is 0 Å². The highest BCUT2D eigenvalue weighted by Crippen LogP contribution is 2.32. The van der Waals surface area contributed by atoms with Crippen LogP contribution in [0.4, 0.5) is 17.2 Å². The first-order valence-corrected chi connectivity index (χ1v) is 9.43. The molecule has 8 heteroatoms. The molecule has 0 bridgehead atoms. The monoisotopic (exact) mass is 388 g/mol. The van der Waals surface area contributed by atoms with Gasteiger partial charge in [0.05, 0.1) is 25.3 Å². The summed E-state index contributed by atoms with van der Waals surface area (Å²) < 4.78 is 3.72. The van der Waals surface area contributed by atoms with Crippen LogP contribution >= 0.6 is 0 Å². The first-order valence-electron chi connectivity index (χ1n) is 9.43. The summed E-state index contributed by atoms with van der Waals surface area (Å²) in [6.45, 7) is 2.44. The van der Waals surface area contributed by atoms with Crippen LogP contribution in [-0.2, 0) is 17.8 Å². The second kappa shape index (κ2) is 6.75. The fourth-order valence-electron chi connectivity index (χ4n) is 3.71. The van der Waals surface area contributed by atoms with Gasteiger partial charge in [-0.3, -0.25) is 9.48 Å². The SMILES string of the molecule is Cc1cc(Nc2cc(-c3ccc4c(c3)NC(=O)C4)cn3ccnc23)nn1CCO. The van der Waals surface area contributed by atoms with Gasteiger partial charge in [0, 0.05) is 41.6 Å². The standard InChI is InChI=1S/C21H20N6O2/c1-13-8-19(25-27(13)6-7-28)23-18-10-16(12-26-5-4-22-21(18)26)14-2-3-15-11-20(29)24-17(15)9-14/h2-5,8-10,12,28H,6-7,11H2,1H3,(H,23,25)(H,24,29). The van der Waals surface area contributed by atoms with Crippen molar-refractivity contribution in [3.63, 3.8) is 0 Å². The van der Waals surface area contributed by atoms with Crippen molar-refractivity contribution in [3.05, 3.63) is 60.2 Å². The number of benzene rings is 1. The summed E-state index contributed by atoms with van der Waals surface area (Å²) in [6, 6.07) is 9.99. The Labute approximate surface area is 166 Å². The zero-order valence-electron chi connectivity index (χ0n) is 15.9. The summed E-state index contributed by atoms with van der Waals surface area (Å²) in [4.78, 5) is 16.1. The average Bonchev–Trinajstić information content (AvgIpc) is 3.39. The van der Waals surface area contributed by atoms with E-state index in [0.717, 1.165) is 39.4 Å². The van der Waals surface area contributed by atoms with Gasteiger partial charge >= 0.3 is 0 Å². The lowest BCUT2D eigenvalue weighted by Gasteiger charge is -2.10. The maximum Gasteiger partial charge on any atom is 0.228 e. The van der Waals surface area contributed by atoms with E-state index >= 15 is 0 Å². The predicted octanol–water partition coefficient (Wildman–Crippen LogP) is 2.74. The molecule has 0 unspecified atom stereocenters. The molecule has 1 aliphatic heterocycles. The quantitative estimate of drug-likeness (QED) is 0.489. The molecule has 0 saturated carbocycles. The van der Waals surface area contributed by atoms with Crippen molar-refractivity contribution in [3.8, 4) is 11.1 Å². The summed E-state index contributed by atoms with van der Waals surface area (Å²) >= 11 is 0. The second-order valence-electron chi connectivity index (χ2n) is 7.14. The zero-order chi connectivity index (χ0) is 20.0. The van der Waals surface area contributed by atoms with E-state index in [9.17, 15) is 9.90 Å². The van der Waals surface area contributed by atoms with Gasteiger partial charge in [0.15, 0.2) is 11.5 Å². The van der Waals surface area contributed by atoms with Crippen molar-refractivity contribution >= 4 is 28.7 Å². The Balaban J connectivity index is 1.55. The highest BCUT2D eigenvalue weighted by atomic mass is 16.3. The van der Waals surface area contributed by atoms with Crippen molar-refractivity contribution in [2.75, 3.05) is 17.2 Å². The Kier molecular flexibility index (Phi) is 4.06. The Bertz CT molecular complexity index is 1240. The zero-order valence-corrected chi connectivity index (χ0v) is 15.9. The molecule has 0 saturated heterocycles. The van der Waals surface area contributed by atoms with Crippen LogP contribution < -0.4 is 10.6 Å². The van der Waals surface area contributed by atoms with E-state index in [1.807, 2.05) is 54.0 Å². The van der Waals surface area contributed by atoms with E-state index in [-0.39, 0.29) is 12.5 Å². The van der Waals surface area contributed by atoms with Crippen LogP contribution in [0.1, 0.15) is 11.3 Å². The van der Waals surface area contributed by atoms with E-state index < -0.39 is 0 Å². The van der Waals surface area contributed by atoms with Gasteiger partial charge in [-0.2, -0.15) is 5.10 Å². The van der Waals surface area contributed by atoms with Crippen LogP contribution in [-0.4, -0.2) is 36.8 Å². The lowest BCUT2D eigenvalue weighted by Crippen LogP contribution is -2.06. The number of nitrogens with zero attached hydrogens (tertiary/aromatic N) is 4. The molecule has 1 amide bonds. The first kappa shape index (κ1) is 17.4. The molecule has 8 nitrogen and oxygen atoms in total. The van der Waals surface area contributed by atoms with E-state index in [1.165, 1.54) is 0 Å². The number of rotatable bonds is 5. The van der Waals surface area contributed by atoms with Crippen molar-refractivity contribution in [1.29, 1.82) is 0 Å². The summed E-state index contributed by atoms with van der Waals surface area (Å²) in [5.41, 5.74) is 6.46. The number of fused-ring (bicyclic) bond motifs is 2. The van der Waals surface area contributed by atoms with Crippen LogP contribution in [0, 0.1) is 6.92 Å². The van der Waals surface area contributed by atoms with E-state index in [1.54, 1.807) is 10.9 Å². The summed E-state index contributed by atoms with van der Waals surface area (Å²) in [5, 5.41) is 20.0. The number of aromatic nitrogens is 4. The van der Waals surface area contributed by atoms with Crippen molar-refractivity contribution in [1.82, 2.24) is 19.2 Å². The summed E-state index contributed by atoms with van der Waals surface area (Å²) in [5.74, 6) is 0.720. The van der Waals surface area contributed by atoms with Gasteiger partial charge in [0.2, 0.25) is 5.91 Å². The third kappa shape index (κ3) is 3.13. The number of hydrogen-bond donors (Lipinski definition) is 3. The van der Waals surface area contributed by atoms with E-state index in [0.29, 0.717) is 18.8 Å². The number of nitrogens with one attached hydrogen (secondary N) is 2. The Hall–Kier alpha value is -3.65. The van der Waals surface area contributed by atoms with Gasteiger partial charge in [-0.15, -0.1) is 0 Å². The molecule has 1 aromatic carbocycles. The topological polar surface area (TPSA) is 96.5 Å². The normalized spacial score (nSPS) is 13.0. The smallest absolute Gasteiger partial charge is 0.228 e. The maximum atomic E-state index is 11.7. The fraction of sp³-hybridized carbons (Fsp3) is 0.190. The molecule has 4 aromatic rings. The first-order chi connectivity index (χ1) is 14.1. The van der Waals surface area contributed by atoms with Crippen LogP contribution in [0.25, 0.3) is 16.8 Å². The number of aliphatic hydroxyl groups excluding tert-OH is 1. The van der Waals surface area contributed by atoms with Gasteiger partial charge in [-0.05, 0) is 30.2 Å².